The molecule has 0 spiro atoms. The third kappa shape index (κ3) is 51.7. The van der Waals surface area contributed by atoms with Crippen LogP contribution in [0, 0.1) is 0 Å². The molecule has 4 N–H and O–H groups in total. The first-order valence-corrected chi connectivity index (χ1v) is 53.5. The number of ether oxygens (including phenoxy) is 12. The van der Waals surface area contributed by atoms with E-state index in [1.165, 1.54) is 32.4 Å². The number of carbonyl (C=O) groups is 13. The van der Waals surface area contributed by atoms with Gasteiger partial charge in [0.25, 0.3) is 0 Å². The molecular weight excluding hydrogens is 1940 g/mol. The summed E-state index contributed by atoms with van der Waals surface area (Å²) >= 11 is 0. The fourth-order valence-corrected chi connectivity index (χ4v) is 17.2. The van der Waals surface area contributed by atoms with Gasteiger partial charge in [0.1, 0.15) is 91.2 Å². The highest BCUT2D eigenvalue weighted by Gasteiger charge is 2.46. The molecule has 3 atom stereocenters. The van der Waals surface area contributed by atoms with Crippen LogP contribution in [-0.4, -0.2) is 302 Å². The number of benzene rings is 2. The lowest BCUT2D eigenvalue weighted by molar-refractivity contribution is -0.401. The number of hydrogen-bond donors (Lipinski definition) is 4. The van der Waals surface area contributed by atoms with E-state index >= 15 is 0 Å². The maximum absolute atomic E-state index is 14.9. The lowest BCUT2D eigenvalue weighted by Crippen LogP contribution is -2.58. The van der Waals surface area contributed by atoms with Crippen LogP contribution in [0.5, 0.6) is 0 Å². The normalized spacial score (nSPS) is 15.5. The number of unbranched alkanes of at least 4 members (excludes halogenated alkanes) is 5. The number of fused-ring (bicyclic) bond motifs is 2. The number of nitrogens with zero attached hydrogens (tertiary/aromatic N) is 5. The molecule has 2 aromatic carbocycles. The van der Waals surface area contributed by atoms with Gasteiger partial charge < -0.3 is 87.6 Å². The second-order valence-electron chi connectivity index (χ2n) is 48.3. The largest absolute Gasteiger partial charge is 0.744 e. The first kappa shape index (κ1) is 131. The molecule has 0 fully saturated rings. The summed E-state index contributed by atoms with van der Waals surface area (Å²) in [6.45, 7) is 50.2. The highest BCUT2D eigenvalue weighted by molar-refractivity contribution is 7.85. The van der Waals surface area contributed by atoms with Gasteiger partial charge in [0.2, 0.25) is 29.3 Å². The molecular formula is C111H179N9O28S. The molecule has 38 heteroatoms. The lowest BCUT2D eigenvalue weighted by Gasteiger charge is -2.34. The van der Waals surface area contributed by atoms with Crippen molar-refractivity contribution >= 4 is 105 Å². The molecule has 149 heavy (non-hydrogen) atoms. The highest BCUT2D eigenvalue weighted by Crippen LogP contribution is 2.49. The van der Waals surface area contributed by atoms with E-state index in [0.29, 0.717) is 75.6 Å². The molecule has 2 aliphatic rings. The van der Waals surface area contributed by atoms with Crippen LogP contribution in [-0.2, 0) is 140 Å². The van der Waals surface area contributed by atoms with Crippen LogP contribution in [0.1, 0.15) is 328 Å². The van der Waals surface area contributed by atoms with E-state index in [1.807, 2.05) is 57.3 Å². The molecule has 4 rings (SSSR count). The number of amides is 4. The van der Waals surface area contributed by atoms with Gasteiger partial charge in [0.05, 0.1) is 89.2 Å². The Kier molecular flexibility index (Phi) is 50.7. The minimum atomic E-state index is -4.84. The van der Waals surface area contributed by atoms with E-state index in [9.17, 15) is 75.3 Å². The molecule has 0 aromatic heterocycles. The van der Waals surface area contributed by atoms with Crippen molar-refractivity contribution in [3.8, 4) is 0 Å². The zero-order valence-corrected chi connectivity index (χ0v) is 96.2. The standard InChI is InChI=1S/C111H179N9O28S/c1-100(2,3)140-91(125)68-117(69-92(126)141-101(4,5)6)82(97(131)146-106(19,20)21)49-40-43-60-112-87(121)57-64-137-74-111(75-138-65-58-88(122)113-61-44-41-50-83(98(132)147-107(22,23)24)118(70-93(127)142-102(7,8)9)71-94(128)143-103(10,11)12,76-139-66-59-89(123)114-62-45-42-51-84(99(133)148-108(25,26)27)119(72-95(129)144-104(13,14)15)73-96(130)145-105(16,17)18)115-90(124)54-37-34-46-63-120-81-56-55-77(149(134,135)136)67-79(81)110(30,31)86(120)53-36-33-35-52-85-109(28,29)78-47-38-39-48-80(78)116(85)32/h33,35-36,38-39,47-48,52-53,55-56,67,82-84H,34,37,40-46,49-51,54,57-66,68-76H2,1-32H3,(H4-,112,113,114,115,121,122,123,124,134,135,136). The van der Waals surface area contributed by atoms with E-state index in [0.717, 1.165) is 17.1 Å². The minimum absolute atomic E-state index is 0.0618. The second-order valence-corrected chi connectivity index (χ2v) is 49.6. The molecule has 0 bridgehead atoms. The Morgan fingerprint density at radius 1 is 0.389 bits per heavy atom. The van der Waals surface area contributed by atoms with Gasteiger partial charge in [0, 0.05) is 86.4 Å². The molecule has 2 heterocycles. The number of nitrogens with one attached hydrogen (secondary N) is 4. The van der Waals surface area contributed by atoms with Gasteiger partial charge in [-0.1, -0.05) is 56.7 Å². The van der Waals surface area contributed by atoms with Crippen molar-refractivity contribution in [2.45, 2.75) is 407 Å². The molecule has 0 radical (unpaired) electrons. The van der Waals surface area contributed by atoms with Crippen molar-refractivity contribution in [3.05, 3.63) is 89.7 Å². The SMILES string of the molecule is C[N+]1=C(/C=C/C=C/C=C2/N(CCCCCC(=O)NC(COCCC(=O)NCCCCC(C(=O)OC(C)(C)C)N(CC(=O)OC(C)(C)C)CC(=O)OC(C)(C)C)(COCCC(=O)NCCCCC(C(=O)OC(C)(C)C)N(CC(=O)OC(C)(C)C)CC(=O)OC(C)(C)C)COCCC(=O)NCCCCC(C(=O)OC(C)(C)C)N(CC(=O)OC(C)(C)C)CC(=O)OC(C)(C)C)c3ccc(S(=O)(=O)[O-])cc3C2(C)C)C(C)(C)c2ccccc21. The maximum Gasteiger partial charge on any atom is 0.323 e. The van der Waals surface area contributed by atoms with Crippen molar-refractivity contribution in [3.63, 3.8) is 0 Å². The summed E-state index contributed by atoms with van der Waals surface area (Å²) in [5.41, 5.74) is -5.32. The van der Waals surface area contributed by atoms with Crippen molar-refractivity contribution in [1.82, 2.24) is 36.0 Å². The Morgan fingerprint density at radius 2 is 0.718 bits per heavy atom. The average molecular weight is 2120 g/mol. The second kappa shape index (κ2) is 57.6. The average Bonchev–Trinajstić information content (AvgIpc) is 1.58. The number of carbonyl (C=O) groups excluding carboxylic acids is 13. The fourth-order valence-electron chi connectivity index (χ4n) is 16.7. The molecule has 0 saturated heterocycles. The van der Waals surface area contributed by atoms with Gasteiger partial charge in [0.15, 0.2) is 5.71 Å². The van der Waals surface area contributed by atoms with Crippen molar-refractivity contribution < 1.29 is 137 Å². The third-order valence-electron chi connectivity index (χ3n) is 22.6. The Bertz CT molecular complexity index is 4660. The van der Waals surface area contributed by atoms with Gasteiger partial charge in [-0.05, 0) is 301 Å². The molecule has 2 aliphatic heterocycles. The van der Waals surface area contributed by atoms with E-state index in [-0.39, 0.29) is 115 Å². The van der Waals surface area contributed by atoms with Gasteiger partial charge >= 0.3 is 53.7 Å². The molecule has 37 nitrogen and oxygen atoms in total. The number of hydrogen-bond acceptors (Lipinski definition) is 32. The van der Waals surface area contributed by atoms with Crippen molar-refractivity contribution in [2.24, 2.45) is 0 Å². The first-order chi connectivity index (χ1) is 68.4. The molecule has 0 saturated carbocycles. The molecule has 842 valence electrons. The Balaban J connectivity index is 1.73. The summed E-state index contributed by atoms with van der Waals surface area (Å²) in [5.74, 6) is -8.03. The summed E-state index contributed by atoms with van der Waals surface area (Å²) in [4.78, 5) is 185. The Hall–Kier alpha value is -10.1. The predicted octanol–water partition coefficient (Wildman–Crippen LogP) is 14.0. The van der Waals surface area contributed by atoms with Crippen LogP contribution in [0.15, 0.2) is 83.4 Å². The van der Waals surface area contributed by atoms with Crippen LogP contribution in [0.4, 0.5) is 11.4 Å². The van der Waals surface area contributed by atoms with E-state index in [2.05, 4.69) is 62.8 Å². The van der Waals surface area contributed by atoms with E-state index in [4.69, 9.17) is 56.8 Å². The van der Waals surface area contributed by atoms with E-state index < -0.39 is 206 Å². The van der Waals surface area contributed by atoms with Crippen LogP contribution < -0.4 is 26.2 Å². The van der Waals surface area contributed by atoms with E-state index in [1.54, 1.807) is 193 Å². The fraction of sp³-hybridized carbons (Fsp3) is 0.712. The number of allylic oxidation sites excluding steroid dienone is 6. The van der Waals surface area contributed by atoms with Crippen LogP contribution in [0.3, 0.4) is 0 Å². The smallest absolute Gasteiger partial charge is 0.323 e. The van der Waals surface area contributed by atoms with Crippen LogP contribution >= 0.6 is 0 Å². The van der Waals surface area contributed by atoms with Gasteiger partial charge in [-0.15, -0.1) is 0 Å². The lowest BCUT2D eigenvalue weighted by atomic mass is 9.81. The van der Waals surface area contributed by atoms with Crippen LogP contribution in [0.2, 0.25) is 0 Å². The van der Waals surface area contributed by atoms with Gasteiger partial charge in [-0.25, -0.2) is 8.42 Å². The van der Waals surface area contributed by atoms with Crippen molar-refractivity contribution in [2.75, 3.05) is 117 Å². The van der Waals surface area contributed by atoms with Crippen LogP contribution in [0.25, 0.3) is 0 Å². The minimum Gasteiger partial charge on any atom is -0.744 e. The number of rotatable bonds is 59. The summed E-state index contributed by atoms with van der Waals surface area (Å²) in [5, 5.41) is 11.8. The summed E-state index contributed by atoms with van der Waals surface area (Å²) in [7, 11) is -2.80. The Labute approximate surface area is 886 Å². The topological polar surface area (TPSA) is 454 Å². The zero-order chi connectivity index (χ0) is 113. The summed E-state index contributed by atoms with van der Waals surface area (Å²) in [6, 6.07) is 9.26. The van der Waals surface area contributed by atoms with Gasteiger partial charge in [-0.2, -0.15) is 4.58 Å². The maximum atomic E-state index is 14.9. The number of anilines is 1. The summed E-state index contributed by atoms with van der Waals surface area (Å²) < 4.78 is 110. The number of para-hydroxylation sites is 1. The molecule has 0 aliphatic carbocycles. The molecule has 2 aromatic rings. The third-order valence-corrected chi connectivity index (χ3v) is 23.5. The first-order valence-electron chi connectivity index (χ1n) is 52.1. The van der Waals surface area contributed by atoms with Crippen molar-refractivity contribution in [1.29, 1.82) is 0 Å². The quantitative estimate of drug-likeness (QED) is 0.0119. The number of esters is 9. The summed E-state index contributed by atoms with van der Waals surface area (Å²) in [6.07, 6.45) is 12.6. The highest BCUT2D eigenvalue weighted by atomic mass is 32.2. The molecule has 3 unspecified atom stereocenters. The monoisotopic (exact) mass is 2120 g/mol. The van der Waals surface area contributed by atoms with Gasteiger partial charge in [-0.3, -0.25) is 77.0 Å². The zero-order valence-electron chi connectivity index (χ0n) is 95.4. The molecule has 4 amide bonds. The predicted molar refractivity (Wildman–Crippen MR) is 566 cm³/mol. The Morgan fingerprint density at radius 3 is 1.03 bits per heavy atom.